The maximum absolute atomic E-state index is 12.9. The van der Waals surface area contributed by atoms with Gasteiger partial charge in [-0.2, -0.15) is 0 Å². The number of ether oxygens (including phenoxy) is 1. The molecule has 1 amide bonds. The summed E-state index contributed by atoms with van der Waals surface area (Å²) in [7, 11) is 0. The van der Waals surface area contributed by atoms with Crippen molar-refractivity contribution in [1.29, 1.82) is 0 Å². The van der Waals surface area contributed by atoms with Crippen LogP contribution >= 0.6 is 0 Å². The molecule has 0 unspecified atom stereocenters. The van der Waals surface area contributed by atoms with Gasteiger partial charge in [0.25, 0.3) is 5.91 Å². The van der Waals surface area contributed by atoms with Gasteiger partial charge in [-0.25, -0.2) is 9.37 Å². The molecule has 1 atom stereocenters. The molecule has 0 fully saturated rings. The number of hydrogen-bond donors (Lipinski definition) is 1. The van der Waals surface area contributed by atoms with E-state index in [4.69, 9.17) is 4.74 Å². The average Bonchev–Trinajstić information content (AvgIpc) is 2.60. The number of pyridine rings is 2. The maximum atomic E-state index is 12.9. The molecule has 0 aliphatic rings. The molecule has 0 spiro atoms. The van der Waals surface area contributed by atoms with E-state index in [-0.39, 0.29) is 24.4 Å². The third kappa shape index (κ3) is 3.65. The van der Waals surface area contributed by atoms with Gasteiger partial charge in [-0.15, -0.1) is 0 Å². The number of carbonyl (C=O) groups is 1. The van der Waals surface area contributed by atoms with E-state index in [1.807, 2.05) is 13.0 Å². The second-order valence-electron chi connectivity index (χ2n) is 5.32. The van der Waals surface area contributed by atoms with Gasteiger partial charge in [0.15, 0.2) is 6.61 Å². The van der Waals surface area contributed by atoms with Crippen molar-refractivity contribution >= 4 is 16.8 Å². The van der Waals surface area contributed by atoms with E-state index in [2.05, 4.69) is 15.3 Å². The number of benzene rings is 1. The van der Waals surface area contributed by atoms with Crippen LogP contribution in [0.2, 0.25) is 0 Å². The molecule has 1 aromatic carbocycles. The predicted molar refractivity (Wildman–Crippen MR) is 88.0 cm³/mol. The molecular formula is C18H16FN3O2. The van der Waals surface area contributed by atoms with Gasteiger partial charge in [0.1, 0.15) is 5.82 Å². The molecule has 2 aromatic heterocycles. The molecule has 5 nitrogen and oxygen atoms in total. The Labute approximate surface area is 138 Å². The fraction of sp³-hybridized carbons (Fsp3) is 0.167. The quantitative estimate of drug-likeness (QED) is 0.783. The molecule has 2 heterocycles. The molecule has 3 aromatic rings. The second kappa shape index (κ2) is 7.04. The van der Waals surface area contributed by atoms with E-state index in [9.17, 15) is 9.18 Å². The van der Waals surface area contributed by atoms with Gasteiger partial charge in [0.05, 0.1) is 16.9 Å². The van der Waals surface area contributed by atoms with Crippen molar-refractivity contribution in [2.45, 2.75) is 13.0 Å². The number of rotatable bonds is 5. The van der Waals surface area contributed by atoms with Crippen molar-refractivity contribution in [3.63, 3.8) is 0 Å². The lowest BCUT2D eigenvalue weighted by Crippen LogP contribution is -2.31. The Morgan fingerprint density at radius 1 is 1.17 bits per heavy atom. The normalized spacial score (nSPS) is 11.9. The third-order valence-corrected chi connectivity index (χ3v) is 3.58. The first kappa shape index (κ1) is 15.9. The van der Waals surface area contributed by atoms with Crippen LogP contribution in [0, 0.1) is 5.82 Å². The van der Waals surface area contributed by atoms with Crippen molar-refractivity contribution < 1.29 is 13.9 Å². The largest absolute Gasteiger partial charge is 0.467 e. The van der Waals surface area contributed by atoms with Crippen LogP contribution in [0.4, 0.5) is 4.39 Å². The van der Waals surface area contributed by atoms with Gasteiger partial charge >= 0.3 is 0 Å². The minimum absolute atomic E-state index is 0.160. The summed E-state index contributed by atoms with van der Waals surface area (Å²) in [5.41, 5.74) is 1.57. The highest BCUT2D eigenvalue weighted by Gasteiger charge is 2.11. The van der Waals surface area contributed by atoms with Crippen LogP contribution in [0.1, 0.15) is 18.5 Å². The summed E-state index contributed by atoms with van der Waals surface area (Å²) >= 11 is 0. The maximum Gasteiger partial charge on any atom is 0.258 e. The second-order valence-corrected chi connectivity index (χ2v) is 5.32. The number of fused-ring (bicyclic) bond motifs is 1. The predicted octanol–water partition coefficient (Wildman–Crippen LogP) is 3.03. The molecule has 0 aliphatic carbocycles. The van der Waals surface area contributed by atoms with Crippen LogP contribution in [0.5, 0.6) is 5.88 Å². The minimum Gasteiger partial charge on any atom is -0.467 e. The average molecular weight is 325 g/mol. The number of hydrogen-bond acceptors (Lipinski definition) is 4. The van der Waals surface area contributed by atoms with E-state index in [0.29, 0.717) is 5.88 Å². The lowest BCUT2D eigenvalue weighted by atomic mass is 10.1. The topological polar surface area (TPSA) is 64.1 Å². The van der Waals surface area contributed by atoms with Crippen LogP contribution in [0.15, 0.2) is 54.9 Å². The number of nitrogens with zero attached hydrogens (tertiary/aromatic N) is 2. The summed E-state index contributed by atoms with van der Waals surface area (Å²) in [6.07, 6.45) is 3.27. The van der Waals surface area contributed by atoms with Crippen molar-refractivity contribution in [3.8, 4) is 5.88 Å². The Morgan fingerprint density at radius 3 is 2.75 bits per heavy atom. The number of carbonyl (C=O) groups excluding carboxylic acids is 1. The van der Waals surface area contributed by atoms with Crippen molar-refractivity contribution in [3.05, 3.63) is 66.2 Å². The summed E-state index contributed by atoms with van der Waals surface area (Å²) < 4.78 is 18.4. The molecule has 0 saturated heterocycles. The number of halogens is 1. The van der Waals surface area contributed by atoms with Gasteiger partial charge in [0, 0.05) is 12.4 Å². The highest BCUT2D eigenvalue weighted by molar-refractivity contribution is 5.84. The van der Waals surface area contributed by atoms with Crippen LogP contribution < -0.4 is 10.1 Å². The standard InChI is InChI=1S/C18H16FN3O2/c1-12(13-4-6-14(19)7-5-13)22-17(23)11-24-18-15-3-2-9-20-16(15)8-10-21-18/h2-10,12H,11H2,1H3,(H,22,23)/t12-/m1/s1. The summed E-state index contributed by atoms with van der Waals surface area (Å²) in [4.78, 5) is 20.4. The van der Waals surface area contributed by atoms with Crippen molar-refractivity contribution in [2.24, 2.45) is 0 Å². The lowest BCUT2D eigenvalue weighted by molar-refractivity contribution is -0.123. The highest BCUT2D eigenvalue weighted by Crippen LogP contribution is 2.20. The molecule has 0 bridgehead atoms. The summed E-state index contributed by atoms with van der Waals surface area (Å²) in [5.74, 6) is -0.226. The molecule has 1 N–H and O–H groups in total. The first-order chi connectivity index (χ1) is 11.6. The molecule has 0 radical (unpaired) electrons. The third-order valence-electron chi connectivity index (χ3n) is 3.58. The first-order valence-electron chi connectivity index (χ1n) is 7.51. The molecule has 3 rings (SSSR count). The van der Waals surface area contributed by atoms with E-state index in [1.165, 1.54) is 12.1 Å². The Morgan fingerprint density at radius 2 is 1.96 bits per heavy atom. The number of nitrogens with one attached hydrogen (secondary N) is 1. The fourth-order valence-electron chi connectivity index (χ4n) is 2.34. The number of amides is 1. The first-order valence-corrected chi connectivity index (χ1v) is 7.51. The Kier molecular flexibility index (Phi) is 4.65. The SMILES string of the molecule is C[C@@H](NC(=O)COc1nccc2ncccc12)c1ccc(F)cc1. The fourth-order valence-corrected chi connectivity index (χ4v) is 2.34. The molecule has 122 valence electrons. The smallest absolute Gasteiger partial charge is 0.258 e. The van der Waals surface area contributed by atoms with Gasteiger partial charge in [-0.1, -0.05) is 12.1 Å². The van der Waals surface area contributed by atoms with Crippen LogP contribution in [-0.4, -0.2) is 22.5 Å². The Balaban J connectivity index is 1.62. The monoisotopic (exact) mass is 325 g/mol. The summed E-state index contributed by atoms with van der Waals surface area (Å²) in [6.45, 7) is 1.66. The van der Waals surface area contributed by atoms with Crippen LogP contribution in [-0.2, 0) is 4.79 Å². The Hall–Kier alpha value is -3.02. The van der Waals surface area contributed by atoms with Gasteiger partial charge in [0.2, 0.25) is 5.88 Å². The number of aromatic nitrogens is 2. The zero-order valence-electron chi connectivity index (χ0n) is 13.1. The van der Waals surface area contributed by atoms with Crippen LogP contribution in [0.3, 0.4) is 0 Å². The molecule has 0 saturated carbocycles. The lowest BCUT2D eigenvalue weighted by Gasteiger charge is -2.14. The summed E-state index contributed by atoms with van der Waals surface area (Å²) in [5, 5.41) is 3.55. The van der Waals surface area contributed by atoms with E-state index in [0.717, 1.165) is 16.5 Å². The van der Waals surface area contributed by atoms with Crippen molar-refractivity contribution in [2.75, 3.05) is 6.61 Å². The van der Waals surface area contributed by atoms with Crippen molar-refractivity contribution in [1.82, 2.24) is 15.3 Å². The van der Waals surface area contributed by atoms with E-state index < -0.39 is 0 Å². The molecular weight excluding hydrogens is 309 g/mol. The van der Waals surface area contributed by atoms with Crippen LogP contribution in [0.25, 0.3) is 10.9 Å². The van der Waals surface area contributed by atoms with E-state index >= 15 is 0 Å². The van der Waals surface area contributed by atoms with Gasteiger partial charge in [-0.3, -0.25) is 9.78 Å². The summed E-state index contributed by atoms with van der Waals surface area (Å²) in [6, 6.07) is 11.2. The molecule has 24 heavy (non-hydrogen) atoms. The zero-order chi connectivity index (χ0) is 16.9. The molecule has 6 heteroatoms. The van der Waals surface area contributed by atoms with E-state index in [1.54, 1.807) is 36.7 Å². The highest BCUT2D eigenvalue weighted by atomic mass is 19.1. The molecule has 0 aliphatic heterocycles. The zero-order valence-corrected chi connectivity index (χ0v) is 13.1. The van der Waals surface area contributed by atoms with Gasteiger partial charge < -0.3 is 10.1 Å². The minimum atomic E-state index is -0.309. The van der Waals surface area contributed by atoms with Gasteiger partial charge in [-0.05, 0) is 42.8 Å². The Bertz CT molecular complexity index is 847.